The first-order valence-electron chi connectivity index (χ1n) is 6.69. The van der Waals surface area contributed by atoms with Crippen molar-refractivity contribution in [3.8, 4) is 0 Å². The summed E-state index contributed by atoms with van der Waals surface area (Å²) in [6, 6.07) is 6.57. The third-order valence-electron chi connectivity index (χ3n) is 2.78. The molecule has 2 heterocycles. The van der Waals surface area contributed by atoms with Crippen molar-refractivity contribution in [2.75, 3.05) is 13.1 Å². The van der Waals surface area contributed by atoms with Gasteiger partial charge in [0.1, 0.15) is 5.69 Å². The molecule has 21 heavy (non-hydrogen) atoms. The Morgan fingerprint density at radius 2 is 2.14 bits per heavy atom. The van der Waals surface area contributed by atoms with E-state index in [9.17, 15) is 9.59 Å². The molecule has 0 radical (unpaired) electrons. The van der Waals surface area contributed by atoms with Crippen LogP contribution < -0.4 is 16.2 Å². The summed E-state index contributed by atoms with van der Waals surface area (Å²) in [6.45, 7) is 2.08. The number of carbonyl (C=O) groups excluding carboxylic acids is 1. The maximum atomic E-state index is 11.7. The van der Waals surface area contributed by atoms with Crippen molar-refractivity contribution in [2.45, 2.75) is 13.0 Å². The van der Waals surface area contributed by atoms with E-state index >= 15 is 0 Å². The summed E-state index contributed by atoms with van der Waals surface area (Å²) >= 11 is 0. The largest absolute Gasteiger partial charge is 0.351 e. The maximum Gasteiger partial charge on any atom is 0.271 e. The molecule has 3 N–H and O–H groups in total. The fraction of sp³-hybridized carbons (Fsp3) is 0.286. The van der Waals surface area contributed by atoms with Gasteiger partial charge in [-0.25, -0.2) is 5.10 Å². The van der Waals surface area contributed by atoms with Crippen molar-refractivity contribution >= 4 is 5.91 Å². The molecule has 110 valence electrons. The van der Waals surface area contributed by atoms with Crippen LogP contribution in [0.4, 0.5) is 0 Å². The third-order valence-corrected chi connectivity index (χ3v) is 2.78. The standard InChI is InChI=1S/C14H17N5O2/c20-13-5-4-12(18-19-13)14(21)17-8-2-7-16-10-11-3-1-6-15-9-11/h1,3-6,9,16H,2,7-8,10H2,(H,17,21)(H,19,20). The lowest BCUT2D eigenvalue weighted by atomic mass is 10.3. The normalized spacial score (nSPS) is 10.3. The molecule has 0 unspecified atom stereocenters. The highest BCUT2D eigenvalue weighted by Crippen LogP contribution is 1.94. The predicted octanol–water partition coefficient (Wildman–Crippen LogP) is 0.0746. The minimum absolute atomic E-state index is 0.206. The van der Waals surface area contributed by atoms with Crippen LogP contribution in [-0.2, 0) is 6.54 Å². The van der Waals surface area contributed by atoms with E-state index in [-0.39, 0.29) is 17.2 Å². The van der Waals surface area contributed by atoms with Gasteiger partial charge in [-0.15, -0.1) is 0 Å². The van der Waals surface area contributed by atoms with E-state index in [2.05, 4.69) is 25.8 Å². The molecule has 7 heteroatoms. The van der Waals surface area contributed by atoms with E-state index in [1.54, 1.807) is 6.20 Å². The van der Waals surface area contributed by atoms with Crippen LogP contribution in [0.15, 0.2) is 41.5 Å². The molecule has 0 fully saturated rings. The molecule has 0 aliphatic heterocycles. The Kier molecular flexibility index (Phi) is 5.60. The van der Waals surface area contributed by atoms with Gasteiger partial charge in [0.05, 0.1) is 0 Å². The van der Waals surface area contributed by atoms with Crippen molar-refractivity contribution in [3.05, 3.63) is 58.3 Å². The molecule has 0 spiro atoms. The molecular formula is C14H17N5O2. The van der Waals surface area contributed by atoms with E-state index in [0.717, 1.165) is 25.1 Å². The maximum absolute atomic E-state index is 11.7. The van der Waals surface area contributed by atoms with Gasteiger partial charge >= 0.3 is 0 Å². The summed E-state index contributed by atoms with van der Waals surface area (Å²) in [7, 11) is 0. The Bertz CT molecular complexity index is 606. The number of nitrogens with one attached hydrogen (secondary N) is 3. The number of carbonyl (C=O) groups is 1. The van der Waals surface area contributed by atoms with Gasteiger partial charge in [-0.2, -0.15) is 5.10 Å². The lowest BCUT2D eigenvalue weighted by molar-refractivity contribution is 0.0947. The first-order valence-corrected chi connectivity index (χ1v) is 6.69. The number of aromatic nitrogens is 3. The van der Waals surface area contributed by atoms with Gasteiger partial charge in [-0.3, -0.25) is 14.6 Å². The van der Waals surface area contributed by atoms with Gasteiger partial charge in [0, 0.05) is 31.5 Å². The summed E-state index contributed by atoms with van der Waals surface area (Å²) in [6.07, 6.45) is 4.36. The molecule has 0 saturated carbocycles. The van der Waals surface area contributed by atoms with Crippen molar-refractivity contribution in [1.29, 1.82) is 0 Å². The Morgan fingerprint density at radius 3 is 2.86 bits per heavy atom. The van der Waals surface area contributed by atoms with Gasteiger partial charge in [0.2, 0.25) is 0 Å². The fourth-order valence-corrected chi connectivity index (χ4v) is 1.71. The van der Waals surface area contributed by atoms with Crippen LogP contribution in [-0.4, -0.2) is 34.2 Å². The summed E-state index contributed by atoms with van der Waals surface area (Å²) < 4.78 is 0. The molecule has 0 atom stereocenters. The number of amides is 1. The zero-order valence-electron chi connectivity index (χ0n) is 11.5. The first-order chi connectivity index (χ1) is 10.3. The zero-order valence-corrected chi connectivity index (χ0v) is 11.5. The van der Waals surface area contributed by atoms with Crippen molar-refractivity contribution in [3.63, 3.8) is 0 Å². The van der Waals surface area contributed by atoms with Crippen molar-refractivity contribution < 1.29 is 4.79 Å². The second-order valence-electron chi connectivity index (χ2n) is 4.45. The Balaban J connectivity index is 1.60. The molecule has 2 aromatic rings. The zero-order chi connectivity index (χ0) is 14.9. The molecule has 0 aromatic carbocycles. The monoisotopic (exact) mass is 287 g/mol. The molecular weight excluding hydrogens is 270 g/mol. The van der Waals surface area contributed by atoms with Gasteiger partial charge < -0.3 is 10.6 Å². The quantitative estimate of drug-likeness (QED) is 0.626. The first kappa shape index (κ1) is 14.9. The Hall–Kier alpha value is -2.54. The second kappa shape index (κ2) is 7.91. The number of H-pyrrole nitrogens is 1. The Morgan fingerprint density at radius 1 is 1.24 bits per heavy atom. The van der Waals surface area contributed by atoms with E-state index in [0.29, 0.717) is 6.54 Å². The highest BCUT2D eigenvalue weighted by Gasteiger charge is 2.05. The fourth-order valence-electron chi connectivity index (χ4n) is 1.71. The Labute approximate surface area is 121 Å². The second-order valence-corrected chi connectivity index (χ2v) is 4.45. The van der Waals surface area contributed by atoms with E-state index in [1.807, 2.05) is 18.3 Å². The van der Waals surface area contributed by atoms with Crippen molar-refractivity contribution in [1.82, 2.24) is 25.8 Å². The van der Waals surface area contributed by atoms with Crippen LogP contribution in [0.2, 0.25) is 0 Å². The molecule has 0 saturated heterocycles. The van der Waals surface area contributed by atoms with Gasteiger partial charge in [0.15, 0.2) is 0 Å². The smallest absolute Gasteiger partial charge is 0.271 e. The average molecular weight is 287 g/mol. The minimum atomic E-state index is -0.328. The average Bonchev–Trinajstić information content (AvgIpc) is 2.52. The number of hydrogen-bond acceptors (Lipinski definition) is 5. The lowest BCUT2D eigenvalue weighted by Crippen LogP contribution is -2.28. The van der Waals surface area contributed by atoms with Crippen LogP contribution in [0, 0.1) is 0 Å². The van der Waals surface area contributed by atoms with Gasteiger partial charge in [-0.05, 0) is 30.7 Å². The third kappa shape index (κ3) is 5.15. The minimum Gasteiger partial charge on any atom is -0.351 e. The molecule has 7 nitrogen and oxygen atoms in total. The number of nitrogens with zero attached hydrogens (tertiary/aromatic N) is 2. The van der Waals surface area contributed by atoms with Crippen LogP contribution in [0.25, 0.3) is 0 Å². The highest BCUT2D eigenvalue weighted by atomic mass is 16.2. The summed E-state index contributed by atoms with van der Waals surface area (Å²) in [4.78, 5) is 26.6. The van der Waals surface area contributed by atoms with Crippen LogP contribution >= 0.6 is 0 Å². The molecule has 2 rings (SSSR count). The number of hydrogen-bond donors (Lipinski definition) is 3. The number of pyridine rings is 1. The summed E-state index contributed by atoms with van der Waals surface area (Å²) in [5.41, 5.74) is 1.00. The van der Waals surface area contributed by atoms with Crippen LogP contribution in [0.1, 0.15) is 22.5 Å². The van der Waals surface area contributed by atoms with Crippen molar-refractivity contribution in [2.24, 2.45) is 0 Å². The van der Waals surface area contributed by atoms with Gasteiger partial charge in [-0.1, -0.05) is 6.07 Å². The molecule has 1 amide bonds. The van der Waals surface area contributed by atoms with Gasteiger partial charge in [0.25, 0.3) is 11.5 Å². The van der Waals surface area contributed by atoms with E-state index in [1.165, 1.54) is 12.1 Å². The highest BCUT2D eigenvalue weighted by molar-refractivity contribution is 5.91. The van der Waals surface area contributed by atoms with Crippen LogP contribution in [0.3, 0.4) is 0 Å². The topological polar surface area (TPSA) is 99.8 Å². The lowest BCUT2D eigenvalue weighted by Gasteiger charge is -2.06. The van der Waals surface area contributed by atoms with E-state index in [4.69, 9.17) is 0 Å². The predicted molar refractivity (Wildman–Crippen MR) is 77.8 cm³/mol. The summed E-state index contributed by atoms with van der Waals surface area (Å²) in [5.74, 6) is -0.293. The summed E-state index contributed by atoms with van der Waals surface area (Å²) in [5, 5.41) is 11.9. The number of rotatable bonds is 7. The molecule has 2 aromatic heterocycles. The SMILES string of the molecule is O=C(NCCCNCc1cccnc1)c1ccc(=O)[nH]n1. The molecule has 0 bridgehead atoms. The molecule has 0 aliphatic carbocycles. The number of aromatic amines is 1. The van der Waals surface area contributed by atoms with Crippen LogP contribution in [0.5, 0.6) is 0 Å². The van der Waals surface area contributed by atoms with E-state index < -0.39 is 0 Å². The molecule has 0 aliphatic rings.